The minimum absolute atomic E-state index is 0.0870. The lowest BCUT2D eigenvalue weighted by atomic mass is 9.99. The smallest absolute Gasteiger partial charge is 0.124 e. The summed E-state index contributed by atoms with van der Waals surface area (Å²) >= 11 is 3.42. The van der Waals surface area contributed by atoms with Gasteiger partial charge in [0.2, 0.25) is 0 Å². The second-order valence-electron chi connectivity index (χ2n) is 5.09. The number of nitrogens with one attached hydrogen (secondary N) is 1. The van der Waals surface area contributed by atoms with Gasteiger partial charge in [0.15, 0.2) is 0 Å². The number of anilines is 1. The zero-order valence-electron chi connectivity index (χ0n) is 10.7. The number of morpholine rings is 1. The van der Waals surface area contributed by atoms with Gasteiger partial charge in [0, 0.05) is 22.3 Å². The summed E-state index contributed by atoms with van der Waals surface area (Å²) in [6.45, 7) is 6.47. The van der Waals surface area contributed by atoms with Crippen LogP contribution in [-0.2, 0) is 4.74 Å². The van der Waals surface area contributed by atoms with Gasteiger partial charge in [-0.1, -0.05) is 15.9 Å². The summed E-state index contributed by atoms with van der Waals surface area (Å²) in [7, 11) is 0. The van der Waals surface area contributed by atoms with Crippen LogP contribution < -0.4 is 10.6 Å². The van der Waals surface area contributed by atoms with E-state index in [2.05, 4.69) is 34.7 Å². The Morgan fingerprint density at radius 1 is 1.50 bits per heavy atom. The number of nitrogens with zero attached hydrogens (tertiary/aromatic N) is 1. The summed E-state index contributed by atoms with van der Waals surface area (Å²) in [5.41, 5.74) is 7.36. The molecule has 1 aliphatic rings. The van der Waals surface area contributed by atoms with Gasteiger partial charge >= 0.3 is 0 Å². The quantitative estimate of drug-likeness (QED) is 0.651. The standard InChI is InChI=1S/C13H18BrN3O/c1-13(2)8-18-6-5-17(13)11-4-3-9(14)7-10(11)12(15)16/h3-4,7H,5-6,8H2,1-2H3,(H3,15,16). The van der Waals surface area contributed by atoms with E-state index >= 15 is 0 Å². The number of hydrogen-bond acceptors (Lipinski definition) is 3. The molecule has 4 nitrogen and oxygen atoms in total. The molecule has 3 N–H and O–H groups in total. The lowest BCUT2D eigenvalue weighted by Gasteiger charge is -2.44. The molecule has 1 aromatic carbocycles. The third-order valence-electron chi connectivity index (χ3n) is 3.18. The monoisotopic (exact) mass is 311 g/mol. The van der Waals surface area contributed by atoms with Crippen molar-refractivity contribution in [2.45, 2.75) is 19.4 Å². The molecule has 0 atom stereocenters. The molecule has 0 radical (unpaired) electrons. The Bertz CT molecular complexity index is 473. The zero-order valence-corrected chi connectivity index (χ0v) is 12.3. The summed E-state index contributed by atoms with van der Waals surface area (Å²) < 4.78 is 6.46. The normalized spacial score (nSPS) is 18.7. The van der Waals surface area contributed by atoms with Crippen LogP contribution in [0.3, 0.4) is 0 Å². The Morgan fingerprint density at radius 2 is 2.22 bits per heavy atom. The van der Waals surface area contributed by atoms with Crippen LogP contribution in [0.4, 0.5) is 5.69 Å². The first-order chi connectivity index (χ1) is 8.42. The number of ether oxygens (including phenoxy) is 1. The van der Waals surface area contributed by atoms with Crippen molar-refractivity contribution in [3.63, 3.8) is 0 Å². The van der Waals surface area contributed by atoms with Gasteiger partial charge in [-0.05, 0) is 32.0 Å². The summed E-state index contributed by atoms with van der Waals surface area (Å²) in [6.07, 6.45) is 0. The topological polar surface area (TPSA) is 62.3 Å². The number of nitrogen functional groups attached to an aromatic ring is 1. The fraction of sp³-hybridized carbons (Fsp3) is 0.462. The van der Waals surface area contributed by atoms with Gasteiger partial charge in [-0.2, -0.15) is 0 Å². The number of hydrogen-bond donors (Lipinski definition) is 2. The Balaban J connectivity index is 2.46. The highest BCUT2D eigenvalue weighted by Gasteiger charge is 2.32. The number of halogens is 1. The Labute approximate surface area is 116 Å². The van der Waals surface area contributed by atoms with Gasteiger partial charge in [0.1, 0.15) is 5.84 Å². The molecule has 5 heteroatoms. The van der Waals surface area contributed by atoms with Gasteiger partial charge in [-0.3, -0.25) is 5.41 Å². The Kier molecular flexibility index (Phi) is 3.64. The average Bonchev–Trinajstić information content (AvgIpc) is 2.29. The van der Waals surface area contributed by atoms with Crippen LogP contribution in [-0.4, -0.2) is 31.1 Å². The van der Waals surface area contributed by atoms with E-state index in [1.807, 2.05) is 18.2 Å². The van der Waals surface area contributed by atoms with E-state index in [1.165, 1.54) is 0 Å². The van der Waals surface area contributed by atoms with Crippen molar-refractivity contribution in [1.29, 1.82) is 5.41 Å². The molecule has 1 aliphatic heterocycles. The van der Waals surface area contributed by atoms with E-state index in [9.17, 15) is 0 Å². The second kappa shape index (κ2) is 4.90. The molecule has 1 saturated heterocycles. The van der Waals surface area contributed by atoms with Crippen LogP contribution in [0.5, 0.6) is 0 Å². The van der Waals surface area contributed by atoms with Crippen molar-refractivity contribution in [1.82, 2.24) is 0 Å². The van der Waals surface area contributed by atoms with Crippen LogP contribution in [0.25, 0.3) is 0 Å². The lowest BCUT2D eigenvalue weighted by Crippen LogP contribution is -2.53. The van der Waals surface area contributed by atoms with E-state index in [0.29, 0.717) is 13.2 Å². The molecule has 1 aromatic rings. The van der Waals surface area contributed by atoms with Gasteiger partial charge in [0.25, 0.3) is 0 Å². The maximum Gasteiger partial charge on any atom is 0.124 e. The Morgan fingerprint density at radius 3 is 2.83 bits per heavy atom. The SMILES string of the molecule is CC1(C)COCCN1c1ccc(Br)cc1C(=N)N. The van der Waals surface area contributed by atoms with Gasteiger partial charge < -0.3 is 15.4 Å². The fourth-order valence-corrected chi connectivity index (χ4v) is 2.63. The molecule has 1 heterocycles. The maximum atomic E-state index is 7.72. The molecular weight excluding hydrogens is 294 g/mol. The Hall–Kier alpha value is -1.07. The van der Waals surface area contributed by atoms with E-state index in [4.69, 9.17) is 15.9 Å². The first-order valence-electron chi connectivity index (χ1n) is 5.91. The molecule has 18 heavy (non-hydrogen) atoms. The molecule has 98 valence electrons. The van der Waals surface area contributed by atoms with Crippen LogP contribution >= 0.6 is 15.9 Å². The third-order valence-corrected chi connectivity index (χ3v) is 3.68. The van der Waals surface area contributed by atoms with E-state index in [-0.39, 0.29) is 11.4 Å². The molecule has 0 unspecified atom stereocenters. The highest BCUT2D eigenvalue weighted by molar-refractivity contribution is 9.10. The van der Waals surface area contributed by atoms with Crippen molar-refractivity contribution in [2.75, 3.05) is 24.7 Å². The average molecular weight is 312 g/mol. The van der Waals surface area contributed by atoms with Crippen molar-refractivity contribution >= 4 is 27.5 Å². The number of nitrogens with two attached hydrogens (primary N) is 1. The molecule has 0 saturated carbocycles. The summed E-state index contributed by atoms with van der Waals surface area (Å²) in [4.78, 5) is 2.26. The fourth-order valence-electron chi connectivity index (χ4n) is 2.26. The lowest BCUT2D eigenvalue weighted by molar-refractivity contribution is 0.0644. The molecule has 1 fully saturated rings. The third kappa shape index (κ3) is 2.52. The molecule has 0 amide bonds. The van der Waals surface area contributed by atoms with Gasteiger partial charge in [-0.25, -0.2) is 0 Å². The minimum Gasteiger partial charge on any atom is -0.384 e. The van der Waals surface area contributed by atoms with Crippen molar-refractivity contribution in [3.05, 3.63) is 28.2 Å². The number of amidine groups is 1. The van der Waals surface area contributed by atoms with Gasteiger partial charge in [0.05, 0.1) is 18.8 Å². The second-order valence-corrected chi connectivity index (χ2v) is 6.01. The predicted octanol–water partition coefficient (Wildman–Crippen LogP) is 2.35. The molecule has 2 rings (SSSR count). The summed E-state index contributed by atoms with van der Waals surface area (Å²) in [5.74, 6) is 0.0913. The first-order valence-corrected chi connectivity index (χ1v) is 6.70. The van der Waals surface area contributed by atoms with Crippen LogP contribution in [0.1, 0.15) is 19.4 Å². The van der Waals surface area contributed by atoms with E-state index in [0.717, 1.165) is 22.3 Å². The molecule has 0 aliphatic carbocycles. The number of benzene rings is 1. The van der Waals surface area contributed by atoms with Crippen LogP contribution in [0.15, 0.2) is 22.7 Å². The summed E-state index contributed by atoms with van der Waals surface area (Å²) in [6, 6.07) is 5.88. The van der Waals surface area contributed by atoms with Crippen LogP contribution in [0, 0.1) is 5.41 Å². The predicted molar refractivity (Wildman–Crippen MR) is 77.4 cm³/mol. The van der Waals surface area contributed by atoms with Crippen LogP contribution in [0.2, 0.25) is 0 Å². The first kappa shape index (κ1) is 13.4. The minimum atomic E-state index is -0.0870. The van der Waals surface area contributed by atoms with Crippen molar-refractivity contribution in [3.8, 4) is 0 Å². The molecular formula is C13H18BrN3O. The molecule has 0 spiro atoms. The summed E-state index contributed by atoms with van der Waals surface area (Å²) in [5, 5.41) is 7.72. The number of rotatable bonds is 2. The van der Waals surface area contributed by atoms with Gasteiger partial charge in [-0.15, -0.1) is 0 Å². The highest BCUT2D eigenvalue weighted by Crippen LogP contribution is 2.31. The van der Waals surface area contributed by atoms with Crippen molar-refractivity contribution < 1.29 is 4.74 Å². The maximum absolute atomic E-state index is 7.72. The highest BCUT2D eigenvalue weighted by atomic mass is 79.9. The largest absolute Gasteiger partial charge is 0.384 e. The van der Waals surface area contributed by atoms with Crippen molar-refractivity contribution in [2.24, 2.45) is 5.73 Å². The van der Waals surface area contributed by atoms with E-state index < -0.39 is 0 Å². The van der Waals surface area contributed by atoms with E-state index in [1.54, 1.807) is 0 Å². The molecule has 0 bridgehead atoms. The zero-order chi connectivity index (χ0) is 13.3. The molecule has 0 aromatic heterocycles.